The highest BCUT2D eigenvalue weighted by Crippen LogP contribution is 2.45. The van der Waals surface area contributed by atoms with Gasteiger partial charge in [-0.3, -0.25) is 19.3 Å². The smallest absolute Gasteiger partial charge is 0.256 e. The fraction of sp³-hybridized carbons (Fsp3) is 0.419. The van der Waals surface area contributed by atoms with Gasteiger partial charge in [0.05, 0.1) is 11.9 Å². The van der Waals surface area contributed by atoms with E-state index in [0.717, 1.165) is 31.4 Å². The van der Waals surface area contributed by atoms with E-state index in [1.807, 2.05) is 18.2 Å². The molecule has 42 heavy (non-hydrogen) atoms. The molecule has 0 aliphatic carbocycles. The third-order valence-electron chi connectivity index (χ3n) is 8.56. The summed E-state index contributed by atoms with van der Waals surface area (Å²) in [6.07, 6.45) is 4.90. The van der Waals surface area contributed by atoms with Gasteiger partial charge in [-0.2, -0.15) is 0 Å². The molecule has 2 atom stereocenters. The number of hydrogen-bond donors (Lipinski definition) is 4. The molecule has 3 heterocycles. The maximum atomic E-state index is 14.4. The molecule has 5 rings (SSSR count). The summed E-state index contributed by atoms with van der Waals surface area (Å²) >= 11 is 0. The number of rotatable bonds is 9. The van der Waals surface area contributed by atoms with Gasteiger partial charge in [0.1, 0.15) is 17.6 Å². The van der Waals surface area contributed by atoms with Crippen LogP contribution in [0.5, 0.6) is 5.75 Å². The minimum absolute atomic E-state index is 0.0500. The molecule has 10 nitrogen and oxygen atoms in total. The number of likely N-dealkylation sites (tertiary alicyclic amines) is 2. The first-order valence-electron chi connectivity index (χ1n) is 14.3. The van der Waals surface area contributed by atoms with Gasteiger partial charge in [0.2, 0.25) is 11.8 Å². The number of hydrogen-bond acceptors (Lipinski definition) is 6. The van der Waals surface area contributed by atoms with Crippen molar-refractivity contribution < 1.29 is 23.9 Å². The van der Waals surface area contributed by atoms with E-state index in [1.165, 1.54) is 30.9 Å². The second-order valence-electron chi connectivity index (χ2n) is 11.5. The lowest BCUT2D eigenvalue weighted by Crippen LogP contribution is -2.51. The molecule has 2 unspecified atom stereocenters. The van der Waals surface area contributed by atoms with Gasteiger partial charge in [-0.1, -0.05) is 30.3 Å². The topological polar surface area (TPSA) is 131 Å². The predicted octanol–water partition coefficient (Wildman–Crippen LogP) is 2.47. The van der Waals surface area contributed by atoms with Crippen molar-refractivity contribution in [3.05, 3.63) is 83.7 Å². The lowest BCUT2D eigenvalue weighted by Gasteiger charge is -2.43. The van der Waals surface area contributed by atoms with Gasteiger partial charge >= 0.3 is 0 Å². The zero-order chi connectivity index (χ0) is 29.7. The number of amides is 3. The van der Waals surface area contributed by atoms with Crippen LogP contribution in [0, 0.1) is 17.2 Å². The van der Waals surface area contributed by atoms with Gasteiger partial charge in [-0.15, -0.1) is 0 Å². The Morgan fingerprint density at radius 3 is 2.60 bits per heavy atom. The van der Waals surface area contributed by atoms with Gasteiger partial charge in [0.25, 0.3) is 5.91 Å². The van der Waals surface area contributed by atoms with E-state index < -0.39 is 11.9 Å². The highest BCUT2D eigenvalue weighted by atomic mass is 19.1. The van der Waals surface area contributed by atoms with Crippen molar-refractivity contribution in [1.29, 1.82) is 0 Å². The fourth-order valence-corrected chi connectivity index (χ4v) is 6.37. The standard InChI is InChI=1S/C31H37FN6O4/c1-21(39)36-28(13-24-16-33-20-35-24)29(41)34-15-23-18-37(17-22-5-3-2-4-6-22)19-31(23)9-11-38(12-10-31)30(42)26-8-7-25(40)14-27(26)32/h2-8,14,16,20,23,28,40H,9-13,15,17-19H2,1H3,(H,33,35)(H,34,41)(H,36,39). The molecule has 2 aliphatic rings. The molecule has 0 saturated carbocycles. The summed E-state index contributed by atoms with van der Waals surface area (Å²) in [5, 5.41) is 15.4. The van der Waals surface area contributed by atoms with Crippen molar-refractivity contribution in [2.45, 2.75) is 38.8 Å². The SMILES string of the molecule is CC(=O)NC(Cc1cnc[nH]1)C(=O)NCC1CN(Cc2ccccc2)CC12CCN(C(=O)c1ccc(O)cc1F)CC2. The number of nitrogens with zero attached hydrogens (tertiary/aromatic N) is 3. The number of aromatic nitrogens is 2. The highest BCUT2D eigenvalue weighted by Gasteiger charge is 2.48. The van der Waals surface area contributed by atoms with Crippen LogP contribution in [0.2, 0.25) is 0 Å². The van der Waals surface area contributed by atoms with E-state index in [9.17, 15) is 23.9 Å². The van der Waals surface area contributed by atoms with Crippen LogP contribution in [-0.4, -0.2) is 81.4 Å². The number of imidazole rings is 1. The Hall–Kier alpha value is -4.25. The predicted molar refractivity (Wildman–Crippen MR) is 154 cm³/mol. The molecule has 2 aliphatic heterocycles. The van der Waals surface area contributed by atoms with Gasteiger partial charge < -0.3 is 25.6 Å². The summed E-state index contributed by atoms with van der Waals surface area (Å²) in [7, 11) is 0. The van der Waals surface area contributed by atoms with Crippen LogP contribution in [0.1, 0.15) is 41.4 Å². The number of aromatic hydroxyl groups is 1. The normalized spacial score (nSPS) is 19.0. The number of carbonyl (C=O) groups is 3. The number of H-pyrrole nitrogens is 1. The third kappa shape index (κ3) is 6.79. The van der Waals surface area contributed by atoms with Gasteiger partial charge in [0, 0.05) is 70.6 Å². The summed E-state index contributed by atoms with van der Waals surface area (Å²) in [5.74, 6) is -1.77. The molecule has 222 valence electrons. The van der Waals surface area contributed by atoms with Crippen molar-refractivity contribution in [2.24, 2.45) is 11.3 Å². The molecule has 11 heteroatoms. The number of phenolic OH excluding ortho intramolecular Hbond substituents is 1. The number of phenols is 1. The largest absolute Gasteiger partial charge is 0.508 e. The van der Waals surface area contributed by atoms with E-state index >= 15 is 0 Å². The number of piperidine rings is 1. The Morgan fingerprint density at radius 2 is 1.93 bits per heavy atom. The lowest BCUT2D eigenvalue weighted by molar-refractivity contribution is -0.128. The Balaban J connectivity index is 1.28. The number of halogens is 1. The monoisotopic (exact) mass is 576 g/mol. The van der Waals surface area contributed by atoms with Crippen LogP contribution in [0.4, 0.5) is 4.39 Å². The lowest BCUT2D eigenvalue weighted by atomic mass is 9.70. The quantitative estimate of drug-likeness (QED) is 0.310. The van der Waals surface area contributed by atoms with E-state index in [0.29, 0.717) is 38.9 Å². The van der Waals surface area contributed by atoms with Gasteiger partial charge in [-0.25, -0.2) is 9.37 Å². The summed E-state index contributed by atoms with van der Waals surface area (Å²) in [5.41, 5.74) is 1.76. The molecule has 2 aromatic carbocycles. The fourth-order valence-electron chi connectivity index (χ4n) is 6.37. The van der Waals surface area contributed by atoms with Crippen molar-refractivity contribution in [3.63, 3.8) is 0 Å². The first kappa shape index (κ1) is 29.2. The molecule has 1 aromatic heterocycles. The minimum atomic E-state index is -0.736. The Morgan fingerprint density at radius 1 is 1.17 bits per heavy atom. The van der Waals surface area contributed by atoms with E-state index in [2.05, 4.69) is 37.6 Å². The van der Waals surface area contributed by atoms with E-state index in [4.69, 9.17) is 0 Å². The molecule has 4 N–H and O–H groups in total. The number of benzene rings is 2. The second-order valence-corrected chi connectivity index (χ2v) is 11.5. The molecule has 3 aromatic rings. The molecule has 2 fully saturated rings. The Kier molecular flexibility index (Phi) is 8.86. The first-order valence-corrected chi connectivity index (χ1v) is 14.3. The summed E-state index contributed by atoms with van der Waals surface area (Å²) in [6, 6.07) is 13.1. The zero-order valence-electron chi connectivity index (χ0n) is 23.7. The van der Waals surface area contributed by atoms with Crippen molar-refractivity contribution >= 4 is 17.7 Å². The van der Waals surface area contributed by atoms with Crippen LogP contribution in [0.15, 0.2) is 61.1 Å². The molecule has 3 amide bonds. The first-order chi connectivity index (χ1) is 20.2. The Bertz CT molecular complexity index is 1390. The van der Waals surface area contributed by atoms with Crippen LogP contribution >= 0.6 is 0 Å². The second kappa shape index (κ2) is 12.7. The zero-order valence-corrected chi connectivity index (χ0v) is 23.7. The summed E-state index contributed by atoms with van der Waals surface area (Å²) < 4.78 is 14.4. The van der Waals surface area contributed by atoms with Crippen molar-refractivity contribution in [2.75, 3.05) is 32.7 Å². The van der Waals surface area contributed by atoms with Gasteiger partial charge in [-0.05, 0) is 41.9 Å². The molecule has 0 radical (unpaired) electrons. The van der Waals surface area contributed by atoms with Gasteiger partial charge in [0.15, 0.2) is 0 Å². The average Bonchev–Trinajstić information content (AvgIpc) is 3.59. The molecular weight excluding hydrogens is 539 g/mol. The van der Waals surface area contributed by atoms with Crippen molar-refractivity contribution in [1.82, 2.24) is 30.4 Å². The number of carbonyl (C=O) groups excluding carboxylic acids is 3. The molecule has 0 bridgehead atoms. The molecule has 1 spiro atoms. The van der Waals surface area contributed by atoms with E-state index in [1.54, 1.807) is 11.1 Å². The minimum Gasteiger partial charge on any atom is -0.508 e. The maximum absolute atomic E-state index is 14.4. The van der Waals surface area contributed by atoms with Crippen LogP contribution in [-0.2, 0) is 22.6 Å². The van der Waals surface area contributed by atoms with Crippen LogP contribution in [0.3, 0.4) is 0 Å². The molecular formula is C31H37FN6O4. The number of nitrogens with one attached hydrogen (secondary N) is 3. The van der Waals surface area contributed by atoms with Crippen LogP contribution < -0.4 is 10.6 Å². The third-order valence-corrected chi connectivity index (χ3v) is 8.56. The summed E-state index contributed by atoms with van der Waals surface area (Å²) in [6.45, 7) is 5.14. The van der Waals surface area contributed by atoms with Crippen LogP contribution in [0.25, 0.3) is 0 Å². The maximum Gasteiger partial charge on any atom is 0.256 e. The summed E-state index contributed by atoms with van der Waals surface area (Å²) in [4.78, 5) is 49.3. The van der Waals surface area contributed by atoms with E-state index in [-0.39, 0.29) is 40.4 Å². The number of aromatic amines is 1. The average molecular weight is 577 g/mol. The Labute approximate surface area is 244 Å². The van der Waals surface area contributed by atoms with Crippen molar-refractivity contribution in [3.8, 4) is 5.75 Å². The molecule has 2 saturated heterocycles. The highest BCUT2D eigenvalue weighted by molar-refractivity contribution is 5.94.